The first-order valence-corrected chi connectivity index (χ1v) is 5.61. The number of nitrogens with two attached hydrogens (primary N) is 1. The zero-order valence-corrected chi connectivity index (χ0v) is 9.70. The van der Waals surface area contributed by atoms with Gasteiger partial charge in [-0.2, -0.15) is 0 Å². The predicted octanol–water partition coefficient (Wildman–Crippen LogP) is 3.22. The van der Waals surface area contributed by atoms with Gasteiger partial charge in [-0.15, -0.1) is 0 Å². The molecule has 0 aliphatic carbocycles. The first kappa shape index (κ1) is 12.1. The fourth-order valence-corrected chi connectivity index (χ4v) is 1.44. The fourth-order valence-electron chi connectivity index (χ4n) is 1.44. The minimum Gasteiger partial charge on any atom is -0.398 e. The van der Waals surface area contributed by atoms with Gasteiger partial charge in [-0.05, 0) is 24.8 Å². The van der Waals surface area contributed by atoms with Crippen LogP contribution in [-0.2, 0) is 11.3 Å². The van der Waals surface area contributed by atoms with Gasteiger partial charge in [0.15, 0.2) is 0 Å². The standard InChI is InChI=1S/C13H21NO/c1-11(2)6-5-9-15-10-12-7-3-4-8-13(12)14/h3-4,7-8,11H,5-6,9-10,14H2,1-2H3. The molecule has 1 aromatic rings. The summed E-state index contributed by atoms with van der Waals surface area (Å²) in [4.78, 5) is 0. The number of hydrogen-bond acceptors (Lipinski definition) is 2. The first-order valence-electron chi connectivity index (χ1n) is 5.61. The maximum Gasteiger partial charge on any atom is 0.0736 e. The van der Waals surface area contributed by atoms with Gasteiger partial charge in [0.25, 0.3) is 0 Å². The van der Waals surface area contributed by atoms with Crippen molar-refractivity contribution < 1.29 is 4.74 Å². The minimum atomic E-state index is 0.630. The summed E-state index contributed by atoms with van der Waals surface area (Å²) >= 11 is 0. The summed E-state index contributed by atoms with van der Waals surface area (Å²) < 4.78 is 5.57. The predicted molar refractivity (Wildman–Crippen MR) is 64.6 cm³/mol. The van der Waals surface area contributed by atoms with Crippen LogP contribution in [0.3, 0.4) is 0 Å². The average Bonchev–Trinajstić information content (AvgIpc) is 2.20. The zero-order valence-electron chi connectivity index (χ0n) is 9.70. The Kier molecular flexibility index (Phi) is 5.19. The van der Waals surface area contributed by atoms with Gasteiger partial charge in [0.05, 0.1) is 6.61 Å². The molecule has 0 bridgehead atoms. The molecule has 84 valence electrons. The fraction of sp³-hybridized carbons (Fsp3) is 0.538. The lowest BCUT2D eigenvalue weighted by Crippen LogP contribution is -2.00. The molecule has 2 nitrogen and oxygen atoms in total. The molecule has 0 saturated heterocycles. The van der Waals surface area contributed by atoms with Crippen molar-refractivity contribution in [2.75, 3.05) is 12.3 Å². The summed E-state index contributed by atoms with van der Waals surface area (Å²) in [5, 5.41) is 0. The van der Waals surface area contributed by atoms with Crippen molar-refractivity contribution in [3.63, 3.8) is 0 Å². The summed E-state index contributed by atoms with van der Waals surface area (Å²) in [6, 6.07) is 7.85. The number of para-hydroxylation sites is 1. The molecule has 2 N–H and O–H groups in total. The second-order valence-corrected chi connectivity index (χ2v) is 4.29. The third kappa shape index (κ3) is 4.84. The Morgan fingerprint density at radius 2 is 2.00 bits per heavy atom. The highest BCUT2D eigenvalue weighted by atomic mass is 16.5. The molecule has 0 saturated carbocycles. The Bertz CT molecular complexity index is 284. The first-order chi connectivity index (χ1) is 7.20. The van der Waals surface area contributed by atoms with Crippen molar-refractivity contribution in [3.8, 4) is 0 Å². The maximum absolute atomic E-state index is 5.80. The molecule has 0 atom stereocenters. The van der Waals surface area contributed by atoms with E-state index in [9.17, 15) is 0 Å². The Morgan fingerprint density at radius 1 is 1.27 bits per heavy atom. The summed E-state index contributed by atoms with van der Waals surface area (Å²) in [6.45, 7) is 5.92. The molecule has 0 heterocycles. The molecule has 0 aliphatic rings. The van der Waals surface area contributed by atoms with E-state index < -0.39 is 0 Å². The second kappa shape index (κ2) is 6.46. The van der Waals surface area contributed by atoms with Crippen molar-refractivity contribution >= 4 is 5.69 Å². The summed E-state index contributed by atoms with van der Waals surface area (Å²) in [6.07, 6.45) is 2.36. The third-order valence-corrected chi connectivity index (χ3v) is 2.38. The van der Waals surface area contributed by atoms with E-state index in [0.29, 0.717) is 6.61 Å². The molecule has 1 rings (SSSR count). The van der Waals surface area contributed by atoms with E-state index in [1.807, 2.05) is 24.3 Å². The van der Waals surface area contributed by atoms with Crippen LogP contribution < -0.4 is 5.73 Å². The van der Waals surface area contributed by atoms with Crippen LogP contribution in [0.15, 0.2) is 24.3 Å². The van der Waals surface area contributed by atoms with E-state index in [-0.39, 0.29) is 0 Å². The molecule has 0 radical (unpaired) electrons. The molecular formula is C13H21NO. The van der Waals surface area contributed by atoms with Gasteiger partial charge in [0.1, 0.15) is 0 Å². The monoisotopic (exact) mass is 207 g/mol. The number of anilines is 1. The van der Waals surface area contributed by atoms with E-state index in [0.717, 1.165) is 30.2 Å². The molecule has 0 fully saturated rings. The van der Waals surface area contributed by atoms with Gasteiger partial charge in [0.2, 0.25) is 0 Å². The number of nitrogen functional groups attached to an aromatic ring is 1. The normalized spacial score (nSPS) is 10.9. The van der Waals surface area contributed by atoms with Crippen molar-refractivity contribution in [1.82, 2.24) is 0 Å². The molecule has 0 amide bonds. The highest BCUT2D eigenvalue weighted by Crippen LogP contribution is 2.12. The molecule has 0 spiro atoms. The summed E-state index contributed by atoms with van der Waals surface area (Å²) in [7, 11) is 0. The zero-order chi connectivity index (χ0) is 11.1. The van der Waals surface area contributed by atoms with Crippen molar-refractivity contribution in [2.24, 2.45) is 5.92 Å². The molecule has 2 heteroatoms. The highest BCUT2D eigenvalue weighted by molar-refractivity contribution is 5.45. The van der Waals surface area contributed by atoms with Gasteiger partial charge in [-0.25, -0.2) is 0 Å². The highest BCUT2D eigenvalue weighted by Gasteiger charge is 1.98. The van der Waals surface area contributed by atoms with Gasteiger partial charge in [-0.1, -0.05) is 32.0 Å². The molecule has 0 aliphatic heterocycles. The number of benzene rings is 1. The van der Waals surface area contributed by atoms with E-state index in [1.54, 1.807) is 0 Å². The maximum atomic E-state index is 5.80. The van der Waals surface area contributed by atoms with Crippen LogP contribution in [0.5, 0.6) is 0 Å². The van der Waals surface area contributed by atoms with Gasteiger partial charge >= 0.3 is 0 Å². The van der Waals surface area contributed by atoms with Crippen LogP contribution >= 0.6 is 0 Å². The molecule has 1 aromatic carbocycles. The number of rotatable bonds is 6. The number of ether oxygens (including phenoxy) is 1. The smallest absolute Gasteiger partial charge is 0.0736 e. The topological polar surface area (TPSA) is 35.2 Å². The lowest BCUT2D eigenvalue weighted by molar-refractivity contribution is 0.115. The van der Waals surface area contributed by atoms with Crippen LogP contribution in [0.1, 0.15) is 32.3 Å². The average molecular weight is 207 g/mol. The Balaban J connectivity index is 2.18. The molecule has 15 heavy (non-hydrogen) atoms. The summed E-state index contributed by atoms with van der Waals surface area (Å²) in [5.74, 6) is 0.760. The minimum absolute atomic E-state index is 0.630. The Hall–Kier alpha value is -1.02. The van der Waals surface area contributed by atoms with Crippen LogP contribution in [0.4, 0.5) is 5.69 Å². The lowest BCUT2D eigenvalue weighted by Gasteiger charge is -2.07. The largest absolute Gasteiger partial charge is 0.398 e. The van der Waals surface area contributed by atoms with Gasteiger partial charge < -0.3 is 10.5 Å². The van der Waals surface area contributed by atoms with Crippen LogP contribution in [0.25, 0.3) is 0 Å². The van der Waals surface area contributed by atoms with E-state index in [1.165, 1.54) is 6.42 Å². The van der Waals surface area contributed by atoms with Crippen LogP contribution in [0, 0.1) is 5.92 Å². The summed E-state index contributed by atoms with van der Waals surface area (Å²) in [5.41, 5.74) is 7.71. The molecule has 0 unspecified atom stereocenters. The molecule has 0 aromatic heterocycles. The third-order valence-electron chi connectivity index (χ3n) is 2.38. The van der Waals surface area contributed by atoms with E-state index in [4.69, 9.17) is 10.5 Å². The van der Waals surface area contributed by atoms with Crippen molar-refractivity contribution in [2.45, 2.75) is 33.3 Å². The number of hydrogen-bond donors (Lipinski definition) is 1. The van der Waals surface area contributed by atoms with Crippen molar-refractivity contribution in [3.05, 3.63) is 29.8 Å². The Morgan fingerprint density at radius 3 is 2.67 bits per heavy atom. The quantitative estimate of drug-likeness (QED) is 0.574. The second-order valence-electron chi connectivity index (χ2n) is 4.29. The Labute approximate surface area is 92.4 Å². The van der Waals surface area contributed by atoms with E-state index >= 15 is 0 Å². The van der Waals surface area contributed by atoms with Gasteiger partial charge in [0, 0.05) is 17.9 Å². The van der Waals surface area contributed by atoms with Crippen LogP contribution in [0.2, 0.25) is 0 Å². The van der Waals surface area contributed by atoms with Gasteiger partial charge in [-0.3, -0.25) is 0 Å². The van der Waals surface area contributed by atoms with Crippen LogP contribution in [-0.4, -0.2) is 6.61 Å². The lowest BCUT2D eigenvalue weighted by atomic mass is 10.1. The van der Waals surface area contributed by atoms with E-state index in [2.05, 4.69) is 13.8 Å². The van der Waals surface area contributed by atoms with Crippen molar-refractivity contribution in [1.29, 1.82) is 0 Å². The molecular weight excluding hydrogens is 186 g/mol. The SMILES string of the molecule is CC(C)CCCOCc1ccccc1N.